The number of hydrogen-bond donors (Lipinski definition) is 0. The second-order valence-electron chi connectivity index (χ2n) is 3.74. The third-order valence-corrected chi connectivity index (χ3v) is 2.38. The molecule has 0 N–H and O–H groups in total. The molecule has 82 valence electrons. The summed E-state index contributed by atoms with van der Waals surface area (Å²) >= 11 is 0. The van der Waals surface area contributed by atoms with Crippen molar-refractivity contribution in [1.82, 2.24) is 5.90 Å². The van der Waals surface area contributed by atoms with Crippen LogP contribution in [-0.2, 0) is 4.84 Å². The molecule has 0 bridgehead atoms. The van der Waals surface area contributed by atoms with Crippen molar-refractivity contribution in [3.63, 3.8) is 0 Å². The summed E-state index contributed by atoms with van der Waals surface area (Å²) in [5.74, 6) is 8.00. The average Bonchev–Trinajstić information content (AvgIpc) is 2.21. The fraction of sp³-hybridized carbons (Fsp3) is 0.833. The zero-order valence-corrected chi connectivity index (χ0v) is 9.37. The van der Waals surface area contributed by atoms with E-state index in [1.807, 2.05) is 6.08 Å². The van der Waals surface area contributed by atoms with Crippen molar-refractivity contribution in [2.75, 3.05) is 0 Å². The van der Waals surface area contributed by atoms with Crippen molar-refractivity contribution in [3.8, 4) is 0 Å². The van der Waals surface area contributed by atoms with Gasteiger partial charge < -0.3 is 4.84 Å². The topological polar surface area (TPSA) is 31.5 Å². The van der Waals surface area contributed by atoms with Gasteiger partial charge in [-0.25, -0.2) is 0 Å². The third kappa shape index (κ3) is 11.5. The van der Waals surface area contributed by atoms with Crippen molar-refractivity contribution >= 4 is 0 Å². The second kappa shape index (κ2) is 12.5. The van der Waals surface area contributed by atoms with Crippen LogP contribution < -0.4 is 5.90 Å². The van der Waals surface area contributed by atoms with Crippen molar-refractivity contribution in [1.29, 1.82) is 0 Å². The summed E-state index contributed by atoms with van der Waals surface area (Å²) in [5, 5.41) is 0. The molecule has 0 fully saturated rings. The highest BCUT2D eigenvalue weighted by Gasteiger charge is 1.90. The van der Waals surface area contributed by atoms with Crippen molar-refractivity contribution in [3.05, 3.63) is 12.3 Å². The molecule has 0 aliphatic carbocycles. The van der Waals surface area contributed by atoms with E-state index in [2.05, 4.69) is 11.8 Å². The third-order valence-electron chi connectivity index (χ3n) is 2.38. The Labute approximate surface area is 88.5 Å². The molecule has 0 aromatic carbocycles. The molecule has 0 aromatic heterocycles. The van der Waals surface area contributed by atoms with E-state index in [1.54, 1.807) is 0 Å². The highest BCUT2D eigenvalue weighted by molar-refractivity contribution is 4.71. The van der Waals surface area contributed by atoms with E-state index >= 15 is 0 Å². The van der Waals surface area contributed by atoms with Crippen LogP contribution in [0.1, 0.15) is 64.7 Å². The Balaban J connectivity index is 2.88. The molecular formula is C12H23NO. The van der Waals surface area contributed by atoms with Gasteiger partial charge in [0.15, 0.2) is 0 Å². The Hall–Kier alpha value is -0.500. The van der Waals surface area contributed by atoms with Crippen LogP contribution in [0.25, 0.3) is 0 Å². The Bertz CT molecular complexity index is 123. The molecule has 0 aromatic rings. The van der Waals surface area contributed by atoms with E-state index in [0.717, 1.165) is 6.42 Å². The van der Waals surface area contributed by atoms with Gasteiger partial charge in [0.1, 0.15) is 12.2 Å². The Kier molecular flexibility index (Phi) is 12.1. The van der Waals surface area contributed by atoms with Crippen LogP contribution in [0.5, 0.6) is 0 Å². The molecule has 0 saturated heterocycles. The predicted octanol–water partition coefficient (Wildman–Crippen LogP) is 4.03. The van der Waals surface area contributed by atoms with Crippen LogP contribution in [0.4, 0.5) is 0 Å². The van der Waals surface area contributed by atoms with E-state index in [0.29, 0.717) is 0 Å². The predicted molar refractivity (Wildman–Crippen MR) is 59.6 cm³/mol. The first-order valence-electron chi connectivity index (χ1n) is 5.87. The molecule has 2 heteroatoms. The van der Waals surface area contributed by atoms with Gasteiger partial charge in [0.25, 0.3) is 0 Å². The minimum Gasteiger partial charge on any atom is -0.376 e. The molecule has 0 atom stereocenters. The van der Waals surface area contributed by atoms with Crippen LogP contribution in [0, 0.1) is 0 Å². The molecule has 0 rings (SSSR count). The summed E-state index contributed by atoms with van der Waals surface area (Å²) < 4.78 is 0. The van der Waals surface area contributed by atoms with E-state index in [9.17, 15) is 0 Å². The summed E-state index contributed by atoms with van der Waals surface area (Å²) in [5.41, 5.74) is 0. The van der Waals surface area contributed by atoms with E-state index in [4.69, 9.17) is 5.90 Å². The Morgan fingerprint density at radius 1 is 0.929 bits per heavy atom. The highest BCUT2D eigenvalue weighted by Crippen LogP contribution is 2.09. The quantitative estimate of drug-likeness (QED) is 0.295. The first-order chi connectivity index (χ1) is 6.91. The maximum Gasteiger partial charge on any atom is 0.111 e. The summed E-state index contributed by atoms with van der Waals surface area (Å²) in [7, 11) is 0. The van der Waals surface area contributed by atoms with Crippen LogP contribution in [-0.4, -0.2) is 0 Å². The summed E-state index contributed by atoms with van der Waals surface area (Å²) in [6.07, 6.45) is 14.9. The molecule has 0 saturated carbocycles. The highest BCUT2D eigenvalue weighted by atomic mass is 16.6. The van der Waals surface area contributed by atoms with Crippen molar-refractivity contribution < 1.29 is 4.84 Å². The number of hydrogen-bond acceptors (Lipinski definition) is 1. The van der Waals surface area contributed by atoms with Gasteiger partial charge in [-0.2, -0.15) is 0 Å². The molecule has 2 nitrogen and oxygen atoms in total. The largest absolute Gasteiger partial charge is 0.376 e. The smallest absolute Gasteiger partial charge is 0.111 e. The number of nitrogens with zero attached hydrogens (tertiary/aromatic N) is 1. The van der Waals surface area contributed by atoms with Crippen LogP contribution in [0.15, 0.2) is 12.3 Å². The Morgan fingerprint density at radius 2 is 1.50 bits per heavy atom. The lowest BCUT2D eigenvalue weighted by Gasteiger charge is -1.99. The lowest BCUT2D eigenvalue weighted by Crippen LogP contribution is -1.80. The van der Waals surface area contributed by atoms with Crippen LogP contribution >= 0.6 is 0 Å². The molecule has 0 spiro atoms. The standard InChI is InChI=1S/C12H23NO/c1-2-3-4-5-6-7-8-9-10-11-12-14-13/h11-12H,2-10H2,1H3. The van der Waals surface area contributed by atoms with Gasteiger partial charge >= 0.3 is 0 Å². The van der Waals surface area contributed by atoms with Gasteiger partial charge in [-0.1, -0.05) is 51.9 Å². The van der Waals surface area contributed by atoms with Gasteiger partial charge in [0.05, 0.1) is 0 Å². The van der Waals surface area contributed by atoms with Gasteiger partial charge in [0.2, 0.25) is 0 Å². The van der Waals surface area contributed by atoms with Gasteiger partial charge in [-0.05, 0) is 18.9 Å². The SMILES string of the molecule is CCCCCCCCCCC=CO[N]. The maximum absolute atomic E-state index is 8.00. The van der Waals surface area contributed by atoms with Crippen molar-refractivity contribution in [2.45, 2.75) is 64.7 Å². The summed E-state index contributed by atoms with van der Waals surface area (Å²) in [6.45, 7) is 2.25. The summed E-state index contributed by atoms with van der Waals surface area (Å²) in [6, 6.07) is 0. The minimum absolute atomic E-state index is 1.01. The maximum atomic E-state index is 8.00. The van der Waals surface area contributed by atoms with Gasteiger partial charge in [-0.15, -0.1) is 0 Å². The fourth-order valence-corrected chi connectivity index (χ4v) is 1.51. The first kappa shape index (κ1) is 13.5. The zero-order chi connectivity index (χ0) is 10.5. The average molecular weight is 197 g/mol. The van der Waals surface area contributed by atoms with E-state index in [1.165, 1.54) is 57.6 Å². The van der Waals surface area contributed by atoms with E-state index < -0.39 is 0 Å². The molecule has 14 heavy (non-hydrogen) atoms. The molecule has 0 unspecified atom stereocenters. The second-order valence-corrected chi connectivity index (χ2v) is 3.74. The first-order valence-corrected chi connectivity index (χ1v) is 5.87. The molecule has 0 amide bonds. The molecule has 0 aliphatic heterocycles. The summed E-state index contributed by atoms with van der Waals surface area (Å²) in [4.78, 5) is 3.83. The zero-order valence-electron chi connectivity index (χ0n) is 9.37. The monoisotopic (exact) mass is 197 g/mol. The molecular weight excluding hydrogens is 174 g/mol. The lowest BCUT2D eigenvalue weighted by molar-refractivity contribution is 0.235. The van der Waals surface area contributed by atoms with Gasteiger partial charge in [-0.3, -0.25) is 0 Å². The van der Waals surface area contributed by atoms with Crippen LogP contribution in [0.2, 0.25) is 0 Å². The number of allylic oxidation sites excluding steroid dienone is 1. The number of rotatable bonds is 10. The molecule has 0 aliphatic rings. The Morgan fingerprint density at radius 3 is 2.07 bits per heavy atom. The fourth-order valence-electron chi connectivity index (χ4n) is 1.51. The number of unbranched alkanes of at least 4 members (excludes halogenated alkanes) is 8. The van der Waals surface area contributed by atoms with Crippen molar-refractivity contribution in [2.24, 2.45) is 0 Å². The van der Waals surface area contributed by atoms with Gasteiger partial charge in [0, 0.05) is 0 Å². The lowest BCUT2D eigenvalue weighted by atomic mass is 10.1. The molecule has 0 heterocycles. The van der Waals surface area contributed by atoms with E-state index in [-0.39, 0.29) is 0 Å². The minimum atomic E-state index is 1.01. The normalized spacial score (nSPS) is 11.0. The molecule has 2 radical (unpaired) electrons. The van der Waals surface area contributed by atoms with Crippen LogP contribution in [0.3, 0.4) is 0 Å².